The summed E-state index contributed by atoms with van der Waals surface area (Å²) in [5.41, 5.74) is 4.37. The second kappa shape index (κ2) is 23.7. The number of hydrogen-bond acceptors (Lipinski definition) is 13. The molecule has 0 bridgehead atoms. The lowest BCUT2D eigenvalue weighted by atomic mass is 10.1. The number of carbonyl (C=O) groups is 2. The molecule has 0 radical (unpaired) electrons. The van der Waals surface area contributed by atoms with Crippen molar-refractivity contribution in [1.82, 2.24) is 9.80 Å². The Labute approximate surface area is 356 Å². The Bertz CT molecular complexity index is 1840. The highest BCUT2D eigenvalue weighted by molar-refractivity contribution is 5.68. The van der Waals surface area contributed by atoms with Gasteiger partial charge < -0.3 is 52.3 Å². The Morgan fingerprint density at radius 1 is 0.410 bits per heavy atom. The van der Waals surface area contributed by atoms with E-state index in [1.54, 1.807) is 56.4 Å². The molecule has 0 aromatic heterocycles. The zero-order chi connectivity index (χ0) is 43.4. The second-order valence-electron chi connectivity index (χ2n) is 13.7. The van der Waals surface area contributed by atoms with Gasteiger partial charge in [0, 0.05) is 64.2 Å². The van der Waals surface area contributed by atoms with Crippen LogP contribution in [-0.4, -0.2) is 91.7 Å². The van der Waals surface area contributed by atoms with Crippen LogP contribution in [0.3, 0.4) is 0 Å². The molecule has 0 saturated heterocycles. The first-order chi connectivity index (χ1) is 29.7. The van der Waals surface area contributed by atoms with E-state index in [0.29, 0.717) is 60.7 Å². The van der Waals surface area contributed by atoms with Crippen molar-refractivity contribution >= 4 is 17.9 Å². The van der Waals surface area contributed by atoms with Gasteiger partial charge in [0.25, 0.3) is 0 Å². The van der Waals surface area contributed by atoms with E-state index in [1.165, 1.54) is 0 Å². The van der Waals surface area contributed by atoms with Crippen molar-refractivity contribution in [2.24, 2.45) is 0 Å². The molecular weight excluding hydrogens is 787 g/mol. The summed E-state index contributed by atoms with van der Waals surface area (Å²) in [6.07, 6.45) is -1.13. The third-order valence-corrected chi connectivity index (χ3v) is 9.18. The summed E-state index contributed by atoms with van der Waals surface area (Å²) in [7, 11) is 10.2. The van der Waals surface area contributed by atoms with Crippen LogP contribution in [0.4, 0.5) is 15.3 Å². The monoisotopic (exact) mass is 839 g/mol. The topological polar surface area (TPSA) is 136 Å². The molecule has 0 aliphatic rings. The summed E-state index contributed by atoms with van der Waals surface area (Å²) >= 11 is 0. The summed E-state index contributed by atoms with van der Waals surface area (Å²) in [5, 5.41) is 0. The second-order valence-corrected chi connectivity index (χ2v) is 13.7. The molecule has 0 N–H and O–H groups in total. The van der Waals surface area contributed by atoms with Crippen molar-refractivity contribution in [1.29, 1.82) is 0 Å². The molecule has 324 valence electrons. The van der Waals surface area contributed by atoms with Crippen LogP contribution in [0.1, 0.15) is 22.3 Å². The number of rotatable bonds is 23. The molecule has 0 atom stereocenters. The van der Waals surface area contributed by atoms with Gasteiger partial charge in [-0.1, -0.05) is 48.5 Å². The Morgan fingerprint density at radius 2 is 0.705 bits per heavy atom. The van der Waals surface area contributed by atoms with Gasteiger partial charge in [0.15, 0.2) is 27.2 Å². The van der Waals surface area contributed by atoms with E-state index >= 15 is 0 Å². The van der Waals surface area contributed by atoms with Crippen LogP contribution in [0.25, 0.3) is 0 Å². The van der Waals surface area contributed by atoms with Crippen molar-refractivity contribution in [2.45, 2.75) is 26.2 Å². The van der Waals surface area contributed by atoms with E-state index in [4.69, 9.17) is 47.4 Å². The number of hydrogen-bond donors (Lipinski definition) is 0. The Kier molecular flexibility index (Phi) is 17.6. The first kappa shape index (κ1) is 45.2. The van der Waals surface area contributed by atoms with Crippen LogP contribution < -0.4 is 33.3 Å². The van der Waals surface area contributed by atoms with Crippen LogP contribution >= 0.6 is 0 Å². The van der Waals surface area contributed by atoms with Crippen molar-refractivity contribution in [3.05, 3.63) is 138 Å². The first-order valence-corrected chi connectivity index (χ1v) is 19.2. The highest BCUT2D eigenvalue weighted by Crippen LogP contribution is 2.28. The molecule has 0 saturated carbocycles. The molecule has 15 heteroatoms. The number of carbonyl (C=O) groups excluding carboxylic acids is 2. The predicted molar refractivity (Wildman–Crippen MR) is 227 cm³/mol. The maximum atomic E-state index is 13.3. The van der Waals surface area contributed by atoms with Crippen LogP contribution in [0.5, 0.6) is 34.5 Å². The smallest absolute Gasteiger partial charge is 0.412 e. The number of anilines is 1. The fraction of sp³-hybridized carbons (Fsp3) is 0.304. The molecule has 0 heterocycles. The molecule has 5 aromatic rings. The maximum absolute atomic E-state index is 13.3. The van der Waals surface area contributed by atoms with Crippen LogP contribution in [0, 0.1) is 0 Å². The highest BCUT2D eigenvalue weighted by atomic mass is 16.8. The van der Waals surface area contributed by atoms with E-state index in [1.807, 2.05) is 116 Å². The summed E-state index contributed by atoms with van der Waals surface area (Å²) in [4.78, 5) is 31.6. The third-order valence-electron chi connectivity index (χ3n) is 9.18. The van der Waals surface area contributed by atoms with E-state index < -0.39 is 12.2 Å². The average Bonchev–Trinajstić information content (AvgIpc) is 3.29. The molecular formula is C46H53N3O12. The van der Waals surface area contributed by atoms with Gasteiger partial charge in [0.05, 0.1) is 28.4 Å². The van der Waals surface area contributed by atoms with Crippen molar-refractivity contribution in [3.8, 4) is 34.5 Å². The Morgan fingerprint density at radius 3 is 0.967 bits per heavy atom. The fourth-order valence-electron chi connectivity index (χ4n) is 5.81. The van der Waals surface area contributed by atoms with Crippen molar-refractivity contribution in [2.75, 3.05) is 74.6 Å². The van der Waals surface area contributed by atoms with Crippen LogP contribution in [0.2, 0.25) is 0 Å². The van der Waals surface area contributed by atoms with E-state index in [2.05, 4.69) is 0 Å². The molecule has 61 heavy (non-hydrogen) atoms. The van der Waals surface area contributed by atoms with E-state index in [9.17, 15) is 9.59 Å². The third kappa shape index (κ3) is 14.7. The lowest BCUT2D eigenvalue weighted by molar-refractivity contribution is -0.0793. The summed E-state index contributed by atoms with van der Waals surface area (Å²) < 4.78 is 54.8. The molecule has 0 unspecified atom stereocenters. The molecule has 0 spiro atoms. The predicted octanol–water partition coefficient (Wildman–Crippen LogP) is 8.09. The van der Waals surface area contributed by atoms with Gasteiger partial charge in [0.1, 0.15) is 34.5 Å². The van der Waals surface area contributed by atoms with Gasteiger partial charge in [-0.2, -0.15) is 0 Å². The minimum Gasteiger partial charge on any atom is -0.497 e. The Hall–Kier alpha value is -6.84. The highest BCUT2D eigenvalue weighted by Gasteiger charge is 2.19. The van der Waals surface area contributed by atoms with Crippen molar-refractivity contribution < 1.29 is 57.0 Å². The zero-order valence-electron chi connectivity index (χ0n) is 35.4. The van der Waals surface area contributed by atoms with Gasteiger partial charge in [-0.05, 0) is 70.8 Å². The van der Waals surface area contributed by atoms with E-state index in [-0.39, 0.29) is 27.2 Å². The van der Waals surface area contributed by atoms with Crippen LogP contribution in [-0.2, 0) is 45.1 Å². The van der Waals surface area contributed by atoms with Gasteiger partial charge in [-0.15, -0.1) is 0 Å². The minimum absolute atomic E-state index is 0.212. The average molecular weight is 840 g/mol. The molecule has 0 aliphatic carbocycles. The van der Waals surface area contributed by atoms with Gasteiger partial charge in [-0.3, -0.25) is 9.80 Å². The fourth-order valence-corrected chi connectivity index (χ4v) is 5.81. The number of amides is 2. The number of ether oxygens (including phenoxy) is 10. The molecule has 5 aromatic carbocycles. The molecule has 0 fully saturated rings. The van der Waals surface area contributed by atoms with Gasteiger partial charge in [0.2, 0.25) is 0 Å². The normalized spacial score (nSPS) is 10.6. The summed E-state index contributed by atoms with van der Waals surface area (Å²) in [6, 6.07) is 35.1. The summed E-state index contributed by atoms with van der Waals surface area (Å²) in [5.74, 6) is 3.74. The van der Waals surface area contributed by atoms with Crippen LogP contribution in [0.15, 0.2) is 115 Å². The minimum atomic E-state index is -0.565. The molecule has 15 nitrogen and oxygen atoms in total. The maximum Gasteiger partial charge on any atom is 0.412 e. The molecule has 2 amide bonds. The Balaban J connectivity index is 1.10. The molecule has 5 rings (SSSR count). The van der Waals surface area contributed by atoms with Gasteiger partial charge >= 0.3 is 12.2 Å². The quantitative estimate of drug-likeness (QED) is 0.0464. The summed E-state index contributed by atoms with van der Waals surface area (Å²) in [6.45, 7) is 0.0724. The first-order valence-electron chi connectivity index (χ1n) is 19.2. The largest absolute Gasteiger partial charge is 0.497 e. The van der Waals surface area contributed by atoms with Gasteiger partial charge in [-0.25, -0.2) is 9.59 Å². The zero-order valence-corrected chi connectivity index (χ0v) is 35.4. The van der Waals surface area contributed by atoms with Crippen molar-refractivity contribution in [3.63, 3.8) is 0 Å². The van der Waals surface area contributed by atoms with E-state index in [0.717, 1.165) is 27.9 Å². The molecule has 0 aliphatic heterocycles. The number of nitrogens with zero attached hydrogens (tertiary/aromatic N) is 3. The standard InChI is InChI=1S/C46H53N3O12/c1-47(2)38-23-43(58-30-56-32-60-45(50)48(26-34-7-15-39(52-3)16-8-34)27-35-9-17-40(53-4)18-10-35)25-44(24-38)59-31-57-33-61-46(51)49(28-36-11-19-41(54-5)20-12-36)29-37-13-21-42(55-6)22-14-37/h7-25H,26-33H2,1-6H3. The number of methoxy groups -OCH3 is 4. The number of benzene rings is 5. The SMILES string of the molecule is COc1ccc(CN(Cc2ccc(OC)cc2)C(=O)OCOCOc2cc(OCOCOC(=O)N(Cc3ccc(OC)cc3)Cc3ccc(OC)cc3)cc(N(C)C)c2)cc1. The lowest BCUT2D eigenvalue weighted by Gasteiger charge is -2.23. The lowest BCUT2D eigenvalue weighted by Crippen LogP contribution is -2.31.